The average Bonchev–Trinajstić information content (AvgIpc) is 3.21. The summed E-state index contributed by atoms with van der Waals surface area (Å²) in [7, 11) is 1.61. The van der Waals surface area contributed by atoms with Crippen LogP contribution < -0.4 is 15.4 Å². The summed E-state index contributed by atoms with van der Waals surface area (Å²) in [5.41, 5.74) is 4.76. The minimum absolute atomic E-state index is 0.313. The van der Waals surface area contributed by atoms with E-state index in [2.05, 4.69) is 10.6 Å². The third kappa shape index (κ3) is 4.05. The SMILES string of the molecule is COc1ccc(C)cc1C1c2c(C)nn(-c3ccccc3)c2NC(=O)C1NC(=O)c1ccccc1. The highest BCUT2D eigenvalue weighted by molar-refractivity contribution is 6.04. The number of benzene rings is 3. The quantitative estimate of drug-likeness (QED) is 0.457. The summed E-state index contributed by atoms with van der Waals surface area (Å²) < 4.78 is 7.44. The molecule has 2 heterocycles. The number of aryl methyl sites for hydroxylation is 2. The predicted molar refractivity (Wildman–Crippen MR) is 134 cm³/mol. The fourth-order valence-corrected chi connectivity index (χ4v) is 4.70. The highest BCUT2D eigenvalue weighted by Gasteiger charge is 2.43. The van der Waals surface area contributed by atoms with Gasteiger partial charge < -0.3 is 15.4 Å². The number of anilines is 1. The van der Waals surface area contributed by atoms with Crippen molar-refractivity contribution in [1.82, 2.24) is 15.1 Å². The van der Waals surface area contributed by atoms with Gasteiger partial charge in [-0.2, -0.15) is 5.10 Å². The maximum atomic E-state index is 13.6. The zero-order chi connectivity index (χ0) is 24.5. The van der Waals surface area contributed by atoms with Crippen molar-refractivity contribution in [1.29, 1.82) is 0 Å². The van der Waals surface area contributed by atoms with Crippen LogP contribution in [0.1, 0.15) is 38.7 Å². The first-order valence-electron chi connectivity index (χ1n) is 11.4. The summed E-state index contributed by atoms with van der Waals surface area (Å²) in [6, 6.07) is 23.5. The molecule has 0 aliphatic carbocycles. The molecule has 1 aliphatic heterocycles. The maximum absolute atomic E-state index is 13.6. The Morgan fingerprint density at radius 2 is 1.69 bits per heavy atom. The van der Waals surface area contributed by atoms with Crippen molar-refractivity contribution in [3.8, 4) is 11.4 Å². The van der Waals surface area contributed by atoms with Gasteiger partial charge in [0.15, 0.2) is 0 Å². The van der Waals surface area contributed by atoms with E-state index in [1.54, 1.807) is 36.1 Å². The number of rotatable bonds is 5. The summed E-state index contributed by atoms with van der Waals surface area (Å²) in [6.45, 7) is 3.91. The average molecular weight is 467 g/mol. The molecule has 5 rings (SSSR count). The zero-order valence-corrected chi connectivity index (χ0v) is 19.8. The van der Waals surface area contributed by atoms with Crippen molar-refractivity contribution in [2.45, 2.75) is 25.8 Å². The third-order valence-corrected chi connectivity index (χ3v) is 6.32. The Bertz CT molecular complexity index is 1400. The van der Waals surface area contributed by atoms with Crippen molar-refractivity contribution in [2.24, 2.45) is 0 Å². The molecular formula is C28H26N4O3. The Morgan fingerprint density at radius 1 is 1.00 bits per heavy atom. The molecule has 35 heavy (non-hydrogen) atoms. The molecule has 0 saturated heterocycles. The second-order valence-corrected chi connectivity index (χ2v) is 8.62. The van der Waals surface area contributed by atoms with Crippen LogP contribution in [0, 0.1) is 13.8 Å². The van der Waals surface area contributed by atoms with E-state index < -0.39 is 12.0 Å². The van der Waals surface area contributed by atoms with Gasteiger partial charge in [-0.3, -0.25) is 9.59 Å². The number of hydrogen-bond acceptors (Lipinski definition) is 4. The topological polar surface area (TPSA) is 85.2 Å². The Morgan fingerprint density at radius 3 is 2.37 bits per heavy atom. The Kier molecular flexibility index (Phi) is 5.82. The number of ether oxygens (including phenoxy) is 1. The van der Waals surface area contributed by atoms with Crippen LogP contribution in [-0.4, -0.2) is 34.7 Å². The number of carbonyl (C=O) groups is 2. The highest BCUT2D eigenvalue weighted by Crippen LogP contribution is 2.43. The van der Waals surface area contributed by atoms with Gasteiger partial charge in [-0.05, 0) is 44.2 Å². The van der Waals surface area contributed by atoms with E-state index >= 15 is 0 Å². The number of fused-ring (bicyclic) bond motifs is 1. The lowest BCUT2D eigenvalue weighted by Crippen LogP contribution is -2.50. The van der Waals surface area contributed by atoms with Crippen LogP contribution in [0.5, 0.6) is 5.75 Å². The molecule has 1 aromatic heterocycles. The fraction of sp³-hybridized carbons (Fsp3) is 0.179. The number of carbonyl (C=O) groups excluding carboxylic acids is 2. The van der Waals surface area contributed by atoms with Gasteiger partial charge in [-0.25, -0.2) is 4.68 Å². The fourth-order valence-electron chi connectivity index (χ4n) is 4.70. The van der Waals surface area contributed by atoms with Crippen molar-refractivity contribution < 1.29 is 14.3 Å². The number of para-hydroxylation sites is 1. The van der Waals surface area contributed by atoms with E-state index in [1.807, 2.05) is 68.4 Å². The number of nitrogens with one attached hydrogen (secondary N) is 2. The minimum atomic E-state index is -0.863. The Labute approximate surface area is 203 Å². The molecule has 0 spiro atoms. The molecule has 0 fully saturated rings. The van der Waals surface area contributed by atoms with Gasteiger partial charge in [0.05, 0.1) is 18.5 Å². The van der Waals surface area contributed by atoms with Gasteiger partial charge >= 0.3 is 0 Å². The largest absolute Gasteiger partial charge is 0.496 e. The molecule has 2 amide bonds. The van der Waals surface area contributed by atoms with E-state index in [0.29, 0.717) is 17.1 Å². The van der Waals surface area contributed by atoms with Gasteiger partial charge in [-0.1, -0.05) is 54.1 Å². The molecule has 1 aliphatic rings. The standard InChI is InChI=1S/C28H26N4O3/c1-17-14-15-22(35-3)21(16-17)24-23-18(2)31-32(20-12-8-5-9-13-20)26(23)30-28(34)25(24)29-27(33)19-10-6-4-7-11-19/h4-16,24-25H,1-3H3,(H,29,33)(H,30,34). The molecule has 176 valence electrons. The number of nitrogens with zero attached hydrogens (tertiary/aromatic N) is 2. The van der Waals surface area contributed by atoms with Gasteiger partial charge in [0.2, 0.25) is 5.91 Å². The molecule has 2 atom stereocenters. The second-order valence-electron chi connectivity index (χ2n) is 8.62. The van der Waals surface area contributed by atoms with Crippen molar-refractivity contribution in [3.63, 3.8) is 0 Å². The molecule has 0 saturated carbocycles. The summed E-state index contributed by atoms with van der Waals surface area (Å²) in [5, 5.41) is 10.8. The van der Waals surface area contributed by atoms with Crippen LogP contribution in [-0.2, 0) is 4.79 Å². The first-order chi connectivity index (χ1) is 17.0. The lowest BCUT2D eigenvalue weighted by atomic mass is 9.81. The van der Waals surface area contributed by atoms with Crippen LogP contribution >= 0.6 is 0 Å². The van der Waals surface area contributed by atoms with E-state index in [-0.39, 0.29) is 11.8 Å². The number of amides is 2. The third-order valence-electron chi connectivity index (χ3n) is 6.32. The number of aromatic nitrogens is 2. The molecule has 3 aromatic carbocycles. The van der Waals surface area contributed by atoms with Crippen LogP contribution in [0.2, 0.25) is 0 Å². The van der Waals surface area contributed by atoms with Crippen molar-refractivity contribution in [2.75, 3.05) is 12.4 Å². The van der Waals surface area contributed by atoms with Crippen LogP contribution in [0.15, 0.2) is 78.9 Å². The van der Waals surface area contributed by atoms with Crippen LogP contribution in [0.25, 0.3) is 5.69 Å². The molecule has 4 aromatic rings. The zero-order valence-electron chi connectivity index (χ0n) is 19.8. The van der Waals surface area contributed by atoms with Gasteiger partial charge in [0.1, 0.15) is 17.6 Å². The van der Waals surface area contributed by atoms with Crippen molar-refractivity contribution >= 4 is 17.6 Å². The van der Waals surface area contributed by atoms with E-state index in [1.165, 1.54) is 0 Å². The van der Waals surface area contributed by atoms with E-state index in [0.717, 1.165) is 28.1 Å². The molecule has 2 unspecified atom stereocenters. The molecule has 0 bridgehead atoms. The molecule has 7 nitrogen and oxygen atoms in total. The minimum Gasteiger partial charge on any atom is -0.496 e. The molecular weight excluding hydrogens is 440 g/mol. The van der Waals surface area contributed by atoms with E-state index in [4.69, 9.17) is 9.84 Å². The number of methoxy groups -OCH3 is 1. The lowest BCUT2D eigenvalue weighted by Gasteiger charge is -2.33. The molecule has 7 heteroatoms. The van der Waals surface area contributed by atoms with Crippen LogP contribution in [0.3, 0.4) is 0 Å². The van der Waals surface area contributed by atoms with Gasteiger partial charge in [-0.15, -0.1) is 0 Å². The summed E-state index contributed by atoms with van der Waals surface area (Å²) in [4.78, 5) is 26.7. The van der Waals surface area contributed by atoms with Crippen molar-refractivity contribution in [3.05, 3.63) is 107 Å². The van der Waals surface area contributed by atoms with Crippen LogP contribution in [0.4, 0.5) is 5.82 Å². The summed E-state index contributed by atoms with van der Waals surface area (Å²) in [6.07, 6.45) is 0. The molecule has 0 radical (unpaired) electrons. The van der Waals surface area contributed by atoms with Gasteiger partial charge in [0.25, 0.3) is 5.91 Å². The second kappa shape index (κ2) is 9.10. The lowest BCUT2D eigenvalue weighted by molar-refractivity contribution is -0.118. The summed E-state index contributed by atoms with van der Waals surface area (Å²) >= 11 is 0. The molecule has 2 N–H and O–H groups in total. The van der Waals surface area contributed by atoms with Gasteiger partial charge in [0, 0.05) is 22.6 Å². The maximum Gasteiger partial charge on any atom is 0.251 e. The normalized spacial score (nSPS) is 16.8. The smallest absolute Gasteiger partial charge is 0.251 e. The Balaban J connectivity index is 1.68. The first kappa shape index (κ1) is 22.4. The summed E-state index contributed by atoms with van der Waals surface area (Å²) in [5.74, 6) is 0.106. The monoisotopic (exact) mass is 466 g/mol. The number of hydrogen-bond donors (Lipinski definition) is 2. The predicted octanol–water partition coefficient (Wildman–Crippen LogP) is 4.38. The first-order valence-corrected chi connectivity index (χ1v) is 11.4. The Hall–Kier alpha value is -4.39. The highest BCUT2D eigenvalue weighted by atomic mass is 16.5. The van der Waals surface area contributed by atoms with E-state index in [9.17, 15) is 9.59 Å².